The molecule has 0 atom stereocenters. The molecule has 0 aromatic heterocycles. The zero-order valence-corrected chi connectivity index (χ0v) is 10.9. The van der Waals surface area contributed by atoms with E-state index in [2.05, 4.69) is 4.90 Å². The first kappa shape index (κ1) is 12.8. The van der Waals surface area contributed by atoms with E-state index in [1.165, 1.54) is 19.3 Å². The van der Waals surface area contributed by atoms with Crippen LogP contribution in [0.4, 0.5) is 0 Å². The van der Waals surface area contributed by atoms with E-state index in [-0.39, 0.29) is 5.92 Å². The fraction of sp³-hybridized carbons (Fsp3) is 0.923. The zero-order chi connectivity index (χ0) is 12.3. The van der Waals surface area contributed by atoms with Gasteiger partial charge < -0.3 is 15.5 Å². The number of amides is 1. The summed E-state index contributed by atoms with van der Waals surface area (Å²) in [7, 11) is 1.98. The molecule has 0 bridgehead atoms. The molecule has 2 N–H and O–H groups in total. The number of rotatable bonds is 4. The number of carbonyl (C=O) groups excluding carboxylic acids is 1. The second-order valence-corrected chi connectivity index (χ2v) is 5.44. The highest BCUT2D eigenvalue weighted by Crippen LogP contribution is 2.27. The fourth-order valence-electron chi connectivity index (χ4n) is 2.83. The van der Waals surface area contributed by atoms with Crippen LogP contribution in [0.15, 0.2) is 0 Å². The minimum atomic E-state index is 0.259. The molecule has 0 aromatic carbocycles. The zero-order valence-electron chi connectivity index (χ0n) is 10.9. The van der Waals surface area contributed by atoms with Crippen molar-refractivity contribution in [2.45, 2.75) is 38.1 Å². The Balaban J connectivity index is 1.77. The third-order valence-electron chi connectivity index (χ3n) is 4.35. The van der Waals surface area contributed by atoms with E-state index in [0.717, 1.165) is 39.0 Å². The van der Waals surface area contributed by atoms with Crippen molar-refractivity contribution in [1.29, 1.82) is 0 Å². The molecule has 1 amide bonds. The highest BCUT2D eigenvalue weighted by atomic mass is 16.2. The van der Waals surface area contributed by atoms with Crippen molar-refractivity contribution in [3.63, 3.8) is 0 Å². The van der Waals surface area contributed by atoms with Gasteiger partial charge in [0.05, 0.1) is 0 Å². The van der Waals surface area contributed by atoms with E-state index in [4.69, 9.17) is 5.73 Å². The lowest BCUT2D eigenvalue weighted by Gasteiger charge is -2.39. The summed E-state index contributed by atoms with van der Waals surface area (Å²) in [6.45, 7) is 3.76. The van der Waals surface area contributed by atoms with Gasteiger partial charge in [-0.15, -0.1) is 0 Å². The Morgan fingerprint density at radius 1 is 1.29 bits per heavy atom. The van der Waals surface area contributed by atoms with Crippen LogP contribution in [0.1, 0.15) is 32.1 Å². The van der Waals surface area contributed by atoms with Gasteiger partial charge in [0.15, 0.2) is 0 Å². The standard InChI is InChI=1S/C13H25N3O/c1-15(12-3-2-4-12)13(17)11-5-8-16(9-6-11)10-7-14/h11-12H,2-10,14H2,1H3. The van der Waals surface area contributed by atoms with Gasteiger partial charge in [0, 0.05) is 32.1 Å². The van der Waals surface area contributed by atoms with E-state index in [1.54, 1.807) is 0 Å². The summed E-state index contributed by atoms with van der Waals surface area (Å²) in [6, 6.07) is 0.532. The molecule has 0 spiro atoms. The molecule has 4 nitrogen and oxygen atoms in total. The quantitative estimate of drug-likeness (QED) is 0.784. The lowest BCUT2D eigenvalue weighted by molar-refractivity contribution is -0.139. The molecule has 0 radical (unpaired) electrons. The SMILES string of the molecule is CN(C(=O)C1CCN(CCN)CC1)C1CCC1. The van der Waals surface area contributed by atoms with Crippen molar-refractivity contribution >= 4 is 5.91 Å². The van der Waals surface area contributed by atoms with E-state index in [1.807, 2.05) is 11.9 Å². The van der Waals surface area contributed by atoms with Crippen LogP contribution in [0.5, 0.6) is 0 Å². The summed E-state index contributed by atoms with van der Waals surface area (Å²) in [5, 5.41) is 0. The summed E-state index contributed by atoms with van der Waals surface area (Å²) in [4.78, 5) is 16.7. The van der Waals surface area contributed by atoms with Crippen LogP contribution in [0, 0.1) is 5.92 Å². The summed E-state index contributed by atoms with van der Waals surface area (Å²) in [5.74, 6) is 0.636. The third-order valence-corrected chi connectivity index (χ3v) is 4.35. The lowest BCUT2D eigenvalue weighted by Crippen LogP contribution is -2.47. The number of hydrogen-bond acceptors (Lipinski definition) is 3. The van der Waals surface area contributed by atoms with Crippen LogP contribution in [0.25, 0.3) is 0 Å². The molecule has 1 heterocycles. The topological polar surface area (TPSA) is 49.6 Å². The molecular formula is C13H25N3O. The van der Waals surface area contributed by atoms with E-state index >= 15 is 0 Å². The molecule has 17 heavy (non-hydrogen) atoms. The highest BCUT2D eigenvalue weighted by molar-refractivity contribution is 5.79. The maximum absolute atomic E-state index is 12.3. The average Bonchev–Trinajstić information content (AvgIpc) is 2.27. The number of nitrogens with zero attached hydrogens (tertiary/aromatic N) is 2. The normalized spacial score (nSPS) is 23.4. The van der Waals surface area contributed by atoms with Crippen LogP contribution < -0.4 is 5.73 Å². The van der Waals surface area contributed by atoms with Gasteiger partial charge >= 0.3 is 0 Å². The second kappa shape index (κ2) is 5.83. The van der Waals surface area contributed by atoms with Crippen LogP contribution in [-0.4, -0.2) is 55.0 Å². The predicted octanol–water partition coefficient (Wildman–Crippen LogP) is 0.668. The first-order chi connectivity index (χ1) is 8.22. The van der Waals surface area contributed by atoms with E-state index in [9.17, 15) is 4.79 Å². The van der Waals surface area contributed by atoms with Gasteiger partial charge in [0.25, 0.3) is 0 Å². The van der Waals surface area contributed by atoms with Gasteiger partial charge in [-0.25, -0.2) is 0 Å². The van der Waals surface area contributed by atoms with Crippen molar-refractivity contribution in [2.24, 2.45) is 11.7 Å². The smallest absolute Gasteiger partial charge is 0.225 e. The Hall–Kier alpha value is -0.610. The molecule has 2 aliphatic rings. The van der Waals surface area contributed by atoms with Crippen LogP contribution in [0.3, 0.4) is 0 Å². The molecule has 2 fully saturated rings. The van der Waals surface area contributed by atoms with Crippen molar-refractivity contribution in [3.05, 3.63) is 0 Å². The van der Waals surface area contributed by atoms with Crippen molar-refractivity contribution < 1.29 is 4.79 Å². The van der Waals surface area contributed by atoms with Crippen molar-refractivity contribution in [2.75, 3.05) is 33.2 Å². The van der Waals surface area contributed by atoms with Gasteiger partial charge in [0.1, 0.15) is 0 Å². The number of carbonyl (C=O) groups is 1. The summed E-state index contributed by atoms with van der Waals surface area (Å²) < 4.78 is 0. The minimum Gasteiger partial charge on any atom is -0.343 e. The highest BCUT2D eigenvalue weighted by Gasteiger charge is 2.31. The number of piperidine rings is 1. The van der Waals surface area contributed by atoms with Gasteiger partial charge in [-0.2, -0.15) is 0 Å². The third kappa shape index (κ3) is 2.99. The Labute approximate surface area is 104 Å². The number of likely N-dealkylation sites (tertiary alicyclic amines) is 1. The molecule has 4 heteroatoms. The Morgan fingerprint density at radius 3 is 2.41 bits per heavy atom. The van der Waals surface area contributed by atoms with E-state index < -0.39 is 0 Å². The molecule has 1 aliphatic heterocycles. The van der Waals surface area contributed by atoms with Gasteiger partial charge in [0.2, 0.25) is 5.91 Å². The van der Waals surface area contributed by atoms with Crippen molar-refractivity contribution in [3.8, 4) is 0 Å². The Kier molecular flexibility index (Phi) is 4.40. The van der Waals surface area contributed by atoms with Crippen LogP contribution >= 0.6 is 0 Å². The summed E-state index contributed by atoms with van der Waals surface area (Å²) in [6.07, 6.45) is 5.71. The second-order valence-electron chi connectivity index (χ2n) is 5.44. The first-order valence-electron chi connectivity index (χ1n) is 6.91. The molecule has 1 aliphatic carbocycles. The average molecular weight is 239 g/mol. The van der Waals surface area contributed by atoms with Gasteiger partial charge in [-0.1, -0.05) is 0 Å². The predicted molar refractivity (Wildman–Crippen MR) is 68.6 cm³/mol. The fourth-order valence-corrected chi connectivity index (χ4v) is 2.83. The van der Waals surface area contributed by atoms with Crippen LogP contribution in [0.2, 0.25) is 0 Å². The Bertz CT molecular complexity index is 257. The molecule has 98 valence electrons. The summed E-state index contributed by atoms with van der Waals surface area (Å²) >= 11 is 0. The van der Waals surface area contributed by atoms with Gasteiger partial charge in [-0.3, -0.25) is 4.79 Å². The molecule has 0 unspecified atom stereocenters. The van der Waals surface area contributed by atoms with E-state index in [0.29, 0.717) is 11.9 Å². The number of hydrogen-bond donors (Lipinski definition) is 1. The van der Waals surface area contributed by atoms with Crippen LogP contribution in [-0.2, 0) is 4.79 Å². The molecular weight excluding hydrogens is 214 g/mol. The summed E-state index contributed by atoms with van der Waals surface area (Å²) in [5.41, 5.74) is 5.55. The largest absolute Gasteiger partial charge is 0.343 e. The molecule has 1 saturated carbocycles. The minimum absolute atomic E-state index is 0.259. The van der Waals surface area contributed by atoms with Gasteiger partial charge in [-0.05, 0) is 45.2 Å². The monoisotopic (exact) mass is 239 g/mol. The Morgan fingerprint density at radius 2 is 1.94 bits per heavy atom. The molecule has 2 rings (SSSR count). The maximum atomic E-state index is 12.3. The maximum Gasteiger partial charge on any atom is 0.225 e. The molecule has 1 saturated heterocycles. The lowest BCUT2D eigenvalue weighted by atomic mass is 9.89. The first-order valence-corrected chi connectivity index (χ1v) is 6.91. The molecule has 0 aromatic rings. The number of nitrogens with two attached hydrogens (primary N) is 1. The van der Waals surface area contributed by atoms with Crippen molar-refractivity contribution in [1.82, 2.24) is 9.80 Å².